The molecule has 1 N–H and O–H groups in total. The minimum absolute atomic E-state index is 0.0813. The van der Waals surface area contributed by atoms with E-state index in [1.165, 1.54) is 0 Å². The molecule has 19 heavy (non-hydrogen) atoms. The maximum absolute atomic E-state index is 10.6. The Bertz CT molecular complexity index is 336. The number of hydrogen-bond acceptors (Lipinski definition) is 4. The number of nitriles is 1. The highest BCUT2D eigenvalue weighted by atomic mass is 16.5. The second kappa shape index (κ2) is 7.46. The highest BCUT2D eigenvalue weighted by Crippen LogP contribution is 2.21. The van der Waals surface area contributed by atoms with Crippen molar-refractivity contribution < 1.29 is 14.6 Å². The maximum Gasteiger partial charge on any atom is 0.306 e. The van der Waals surface area contributed by atoms with Crippen LogP contribution < -0.4 is 0 Å². The van der Waals surface area contributed by atoms with Crippen LogP contribution in [0.4, 0.5) is 0 Å². The Hall–Kier alpha value is -1.12. The monoisotopic (exact) mass is 268 g/mol. The lowest BCUT2D eigenvalue weighted by Gasteiger charge is -2.32. The van der Waals surface area contributed by atoms with Gasteiger partial charge in [0.15, 0.2) is 0 Å². The molecular weight excluding hydrogens is 244 g/mol. The fourth-order valence-electron chi connectivity index (χ4n) is 2.26. The number of carbonyl (C=O) groups is 1. The molecular formula is C14H24N2O3. The van der Waals surface area contributed by atoms with Gasteiger partial charge in [-0.15, -0.1) is 0 Å². The van der Waals surface area contributed by atoms with Crippen molar-refractivity contribution in [2.75, 3.05) is 26.2 Å². The van der Waals surface area contributed by atoms with E-state index in [1.807, 2.05) is 13.8 Å². The highest BCUT2D eigenvalue weighted by molar-refractivity contribution is 5.67. The van der Waals surface area contributed by atoms with Crippen molar-refractivity contribution in [3.63, 3.8) is 0 Å². The van der Waals surface area contributed by atoms with Gasteiger partial charge >= 0.3 is 5.97 Å². The molecule has 1 unspecified atom stereocenters. The Kier molecular flexibility index (Phi) is 6.26. The molecule has 0 aromatic rings. The predicted molar refractivity (Wildman–Crippen MR) is 71.7 cm³/mol. The Morgan fingerprint density at radius 3 is 2.89 bits per heavy atom. The number of rotatable bonds is 7. The zero-order chi connectivity index (χ0) is 14.3. The third-order valence-electron chi connectivity index (χ3n) is 3.45. The van der Waals surface area contributed by atoms with E-state index in [-0.39, 0.29) is 17.9 Å². The summed E-state index contributed by atoms with van der Waals surface area (Å²) in [6.45, 7) is 7.07. The summed E-state index contributed by atoms with van der Waals surface area (Å²) in [4.78, 5) is 12.9. The molecule has 1 fully saturated rings. The van der Waals surface area contributed by atoms with Crippen LogP contribution >= 0.6 is 0 Å². The molecule has 1 rings (SSSR count). The third-order valence-corrected chi connectivity index (χ3v) is 3.45. The fraction of sp³-hybridized carbons (Fsp3) is 0.857. The van der Waals surface area contributed by atoms with E-state index in [1.54, 1.807) is 0 Å². The number of hydrogen-bond donors (Lipinski definition) is 1. The summed E-state index contributed by atoms with van der Waals surface area (Å²) in [5.41, 5.74) is -0.239. The maximum atomic E-state index is 10.6. The molecule has 0 aromatic heterocycles. The van der Waals surface area contributed by atoms with E-state index in [0.29, 0.717) is 13.2 Å². The number of ether oxygens (including phenoxy) is 1. The number of carboxylic acid groups (broad SMARTS) is 1. The van der Waals surface area contributed by atoms with Crippen molar-refractivity contribution in [2.24, 2.45) is 5.41 Å². The summed E-state index contributed by atoms with van der Waals surface area (Å²) in [6.07, 6.45) is 2.89. The lowest BCUT2D eigenvalue weighted by molar-refractivity contribution is -0.142. The van der Waals surface area contributed by atoms with Gasteiger partial charge in [-0.1, -0.05) is 6.42 Å². The first kappa shape index (κ1) is 15.9. The van der Waals surface area contributed by atoms with Gasteiger partial charge in [-0.25, -0.2) is 0 Å². The second-order valence-corrected chi connectivity index (χ2v) is 5.84. The van der Waals surface area contributed by atoms with E-state index < -0.39 is 5.97 Å². The molecule has 0 radical (unpaired) electrons. The van der Waals surface area contributed by atoms with E-state index in [9.17, 15) is 4.79 Å². The van der Waals surface area contributed by atoms with Crippen LogP contribution in [0.2, 0.25) is 0 Å². The average molecular weight is 268 g/mol. The topological polar surface area (TPSA) is 73.6 Å². The molecule has 0 aliphatic carbocycles. The van der Waals surface area contributed by atoms with Gasteiger partial charge in [-0.3, -0.25) is 9.69 Å². The van der Waals surface area contributed by atoms with Crippen LogP contribution in [0.3, 0.4) is 0 Å². The molecule has 1 atom stereocenters. The van der Waals surface area contributed by atoms with Gasteiger partial charge < -0.3 is 9.84 Å². The number of nitrogens with zero attached hydrogens (tertiary/aromatic N) is 2. The lowest BCUT2D eigenvalue weighted by atomic mass is 9.89. The van der Waals surface area contributed by atoms with Crippen molar-refractivity contribution in [3.05, 3.63) is 0 Å². The Balaban J connectivity index is 2.19. The van der Waals surface area contributed by atoms with Gasteiger partial charge in [0.1, 0.15) is 0 Å². The summed E-state index contributed by atoms with van der Waals surface area (Å²) < 4.78 is 5.43. The lowest BCUT2D eigenvalue weighted by Crippen LogP contribution is -2.43. The molecule has 1 saturated heterocycles. The molecule has 1 aliphatic rings. The van der Waals surface area contributed by atoms with Crippen LogP contribution in [0, 0.1) is 16.7 Å². The van der Waals surface area contributed by atoms with Crippen LogP contribution in [-0.2, 0) is 9.53 Å². The predicted octanol–water partition coefficient (Wildman–Crippen LogP) is 1.88. The van der Waals surface area contributed by atoms with Crippen LogP contribution in [0.25, 0.3) is 0 Å². The molecule has 0 amide bonds. The summed E-state index contributed by atoms with van der Waals surface area (Å²) >= 11 is 0. The number of carboxylic acids is 1. The van der Waals surface area contributed by atoms with Crippen molar-refractivity contribution in [1.29, 1.82) is 5.26 Å². The Morgan fingerprint density at radius 1 is 1.53 bits per heavy atom. The molecule has 0 aromatic carbocycles. The molecule has 0 bridgehead atoms. The van der Waals surface area contributed by atoms with E-state index in [0.717, 1.165) is 32.4 Å². The second-order valence-electron chi connectivity index (χ2n) is 5.84. The van der Waals surface area contributed by atoms with Crippen molar-refractivity contribution in [3.8, 4) is 6.07 Å². The summed E-state index contributed by atoms with van der Waals surface area (Å²) in [5, 5.41) is 17.7. The van der Waals surface area contributed by atoms with E-state index >= 15 is 0 Å². The van der Waals surface area contributed by atoms with Gasteiger partial charge in [0.2, 0.25) is 0 Å². The first-order valence-corrected chi connectivity index (χ1v) is 6.90. The minimum atomic E-state index is -0.803. The van der Waals surface area contributed by atoms with Gasteiger partial charge in [-0.05, 0) is 33.2 Å². The summed E-state index contributed by atoms with van der Waals surface area (Å²) in [5.74, 6) is -0.803. The fourth-order valence-corrected chi connectivity index (χ4v) is 2.26. The molecule has 1 heterocycles. The summed E-state index contributed by atoms with van der Waals surface area (Å²) in [7, 11) is 0. The SMILES string of the molecule is CC(C)(C#N)CCCCN1CCOC(CC(=O)O)C1. The average Bonchev–Trinajstić information content (AvgIpc) is 2.34. The zero-order valence-corrected chi connectivity index (χ0v) is 11.9. The number of unbranched alkanes of at least 4 members (excludes halogenated alkanes) is 1. The smallest absolute Gasteiger partial charge is 0.306 e. The first-order chi connectivity index (χ1) is 8.93. The normalized spacial score (nSPS) is 21.0. The Morgan fingerprint density at radius 2 is 2.26 bits per heavy atom. The molecule has 108 valence electrons. The van der Waals surface area contributed by atoms with Gasteiger partial charge in [-0.2, -0.15) is 5.26 Å². The first-order valence-electron chi connectivity index (χ1n) is 6.90. The number of aliphatic carboxylic acids is 1. The minimum Gasteiger partial charge on any atom is -0.481 e. The van der Waals surface area contributed by atoms with Crippen LogP contribution in [-0.4, -0.2) is 48.3 Å². The molecule has 5 nitrogen and oxygen atoms in total. The zero-order valence-electron chi connectivity index (χ0n) is 11.9. The standard InChI is InChI=1S/C14H24N2O3/c1-14(2,11-15)5-3-4-6-16-7-8-19-12(10-16)9-13(17)18/h12H,3-10H2,1-2H3,(H,17,18). The Labute approximate surface area is 115 Å². The largest absolute Gasteiger partial charge is 0.481 e. The van der Waals surface area contributed by atoms with Crippen LogP contribution in [0.15, 0.2) is 0 Å². The van der Waals surface area contributed by atoms with Crippen molar-refractivity contribution in [2.45, 2.75) is 45.6 Å². The molecule has 0 saturated carbocycles. The molecule has 1 aliphatic heterocycles. The number of morpholine rings is 1. The van der Waals surface area contributed by atoms with Crippen LogP contribution in [0.5, 0.6) is 0 Å². The molecule has 0 spiro atoms. The third kappa shape index (κ3) is 6.55. The molecule has 5 heteroatoms. The highest BCUT2D eigenvalue weighted by Gasteiger charge is 2.22. The summed E-state index contributed by atoms with van der Waals surface area (Å²) in [6, 6.07) is 2.31. The van der Waals surface area contributed by atoms with Gasteiger partial charge in [0, 0.05) is 13.1 Å². The van der Waals surface area contributed by atoms with Crippen molar-refractivity contribution in [1.82, 2.24) is 4.90 Å². The van der Waals surface area contributed by atoms with Gasteiger partial charge in [0.05, 0.1) is 30.6 Å². The van der Waals surface area contributed by atoms with Crippen LogP contribution in [0.1, 0.15) is 39.5 Å². The van der Waals surface area contributed by atoms with E-state index in [2.05, 4.69) is 11.0 Å². The van der Waals surface area contributed by atoms with Crippen molar-refractivity contribution >= 4 is 5.97 Å². The quantitative estimate of drug-likeness (QED) is 0.714. The van der Waals surface area contributed by atoms with Gasteiger partial charge in [0.25, 0.3) is 0 Å². The van der Waals surface area contributed by atoms with E-state index in [4.69, 9.17) is 15.1 Å².